The van der Waals surface area contributed by atoms with E-state index < -0.39 is 0 Å². The van der Waals surface area contributed by atoms with Gasteiger partial charge in [0, 0.05) is 42.1 Å². The van der Waals surface area contributed by atoms with Gasteiger partial charge in [-0.05, 0) is 24.3 Å². The van der Waals surface area contributed by atoms with Crippen molar-refractivity contribution in [2.45, 2.75) is 0 Å². The third-order valence-corrected chi connectivity index (χ3v) is 4.00. The predicted octanol–water partition coefficient (Wildman–Crippen LogP) is 3.13. The third-order valence-electron chi connectivity index (χ3n) is 4.00. The molecule has 0 unspecified atom stereocenters. The highest BCUT2D eigenvalue weighted by Crippen LogP contribution is 2.31. The SMILES string of the molecule is c1cncc(-c2cc(N3CCOCC3)c3ccccc3n2)c1. The number of hydrogen-bond donors (Lipinski definition) is 0. The quantitative estimate of drug-likeness (QED) is 0.727. The van der Waals surface area contributed by atoms with Gasteiger partial charge in [0.05, 0.1) is 24.4 Å². The van der Waals surface area contributed by atoms with Crippen molar-refractivity contribution >= 4 is 16.6 Å². The molecule has 0 aliphatic carbocycles. The Labute approximate surface area is 129 Å². The van der Waals surface area contributed by atoms with Crippen LogP contribution in [0.1, 0.15) is 0 Å². The van der Waals surface area contributed by atoms with Crippen molar-refractivity contribution < 1.29 is 4.74 Å². The molecule has 1 aliphatic rings. The second kappa shape index (κ2) is 5.73. The maximum Gasteiger partial charge on any atom is 0.0745 e. The number of hydrogen-bond acceptors (Lipinski definition) is 4. The van der Waals surface area contributed by atoms with Crippen LogP contribution in [-0.2, 0) is 4.74 Å². The fourth-order valence-corrected chi connectivity index (χ4v) is 2.89. The van der Waals surface area contributed by atoms with Gasteiger partial charge in [0.2, 0.25) is 0 Å². The van der Waals surface area contributed by atoms with Gasteiger partial charge < -0.3 is 9.64 Å². The number of para-hydroxylation sites is 1. The molecule has 1 aliphatic heterocycles. The summed E-state index contributed by atoms with van der Waals surface area (Å²) in [6, 6.07) is 14.5. The number of benzene rings is 1. The van der Waals surface area contributed by atoms with Crippen molar-refractivity contribution in [1.29, 1.82) is 0 Å². The van der Waals surface area contributed by atoms with Gasteiger partial charge in [0.1, 0.15) is 0 Å². The molecule has 0 N–H and O–H groups in total. The summed E-state index contributed by atoms with van der Waals surface area (Å²) in [5.74, 6) is 0. The molecule has 110 valence electrons. The lowest BCUT2D eigenvalue weighted by Crippen LogP contribution is -2.36. The molecule has 0 atom stereocenters. The molecule has 1 fully saturated rings. The van der Waals surface area contributed by atoms with Crippen LogP contribution in [0.3, 0.4) is 0 Å². The highest BCUT2D eigenvalue weighted by atomic mass is 16.5. The van der Waals surface area contributed by atoms with E-state index in [0.717, 1.165) is 43.1 Å². The molecule has 1 saturated heterocycles. The number of nitrogens with zero attached hydrogens (tertiary/aromatic N) is 3. The molecule has 1 aromatic carbocycles. The second-order valence-electron chi connectivity index (χ2n) is 5.38. The van der Waals surface area contributed by atoms with Gasteiger partial charge in [-0.2, -0.15) is 0 Å². The number of aromatic nitrogens is 2. The van der Waals surface area contributed by atoms with E-state index in [1.54, 1.807) is 6.20 Å². The Morgan fingerprint density at radius 2 is 1.86 bits per heavy atom. The normalized spacial score (nSPS) is 15.2. The fraction of sp³-hybridized carbons (Fsp3) is 0.222. The van der Waals surface area contributed by atoms with Crippen LogP contribution in [0.4, 0.5) is 5.69 Å². The molecule has 0 bridgehead atoms. The van der Waals surface area contributed by atoms with E-state index in [4.69, 9.17) is 9.72 Å². The predicted molar refractivity (Wildman–Crippen MR) is 88.0 cm³/mol. The Balaban J connectivity index is 1.89. The largest absolute Gasteiger partial charge is 0.378 e. The zero-order valence-corrected chi connectivity index (χ0v) is 12.3. The lowest BCUT2D eigenvalue weighted by atomic mass is 10.1. The zero-order chi connectivity index (χ0) is 14.8. The number of anilines is 1. The summed E-state index contributed by atoms with van der Waals surface area (Å²) < 4.78 is 5.48. The molecule has 0 spiro atoms. The van der Waals surface area contributed by atoms with Gasteiger partial charge in [0.15, 0.2) is 0 Å². The van der Waals surface area contributed by atoms with Crippen LogP contribution in [0.5, 0.6) is 0 Å². The van der Waals surface area contributed by atoms with Crippen molar-refractivity contribution in [2.75, 3.05) is 31.2 Å². The number of ether oxygens (including phenoxy) is 1. The Hall–Kier alpha value is -2.46. The van der Waals surface area contributed by atoms with Crippen molar-refractivity contribution in [2.24, 2.45) is 0 Å². The van der Waals surface area contributed by atoms with Gasteiger partial charge in [-0.25, -0.2) is 4.98 Å². The first-order chi connectivity index (χ1) is 10.9. The first-order valence-corrected chi connectivity index (χ1v) is 7.55. The smallest absolute Gasteiger partial charge is 0.0745 e. The first kappa shape index (κ1) is 13.2. The fourth-order valence-electron chi connectivity index (χ4n) is 2.89. The highest BCUT2D eigenvalue weighted by Gasteiger charge is 2.16. The second-order valence-corrected chi connectivity index (χ2v) is 5.38. The van der Waals surface area contributed by atoms with Crippen LogP contribution >= 0.6 is 0 Å². The maximum absolute atomic E-state index is 5.48. The monoisotopic (exact) mass is 291 g/mol. The van der Waals surface area contributed by atoms with E-state index in [-0.39, 0.29) is 0 Å². The molecule has 0 amide bonds. The molecule has 22 heavy (non-hydrogen) atoms. The number of pyridine rings is 2. The van der Waals surface area contributed by atoms with Gasteiger partial charge in [-0.3, -0.25) is 4.98 Å². The summed E-state index contributed by atoms with van der Waals surface area (Å²) in [6.07, 6.45) is 3.65. The first-order valence-electron chi connectivity index (χ1n) is 7.55. The number of morpholine rings is 1. The average molecular weight is 291 g/mol. The minimum absolute atomic E-state index is 0.777. The maximum atomic E-state index is 5.48. The van der Waals surface area contributed by atoms with E-state index in [0.29, 0.717) is 0 Å². The summed E-state index contributed by atoms with van der Waals surface area (Å²) in [5, 5.41) is 1.19. The molecule has 3 heterocycles. The Kier molecular flexibility index (Phi) is 3.45. The van der Waals surface area contributed by atoms with Crippen molar-refractivity contribution in [3.05, 3.63) is 54.9 Å². The van der Waals surface area contributed by atoms with Gasteiger partial charge in [-0.1, -0.05) is 18.2 Å². The van der Waals surface area contributed by atoms with E-state index >= 15 is 0 Å². The summed E-state index contributed by atoms with van der Waals surface area (Å²) in [7, 11) is 0. The summed E-state index contributed by atoms with van der Waals surface area (Å²) in [6.45, 7) is 3.39. The van der Waals surface area contributed by atoms with Gasteiger partial charge >= 0.3 is 0 Å². The van der Waals surface area contributed by atoms with Crippen molar-refractivity contribution in [1.82, 2.24) is 9.97 Å². The minimum Gasteiger partial charge on any atom is -0.378 e. The number of fused-ring (bicyclic) bond motifs is 1. The lowest BCUT2D eigenvalue weighted by molar-refractivity contribution is 0.123. The van der Waals surface area contributed by atoms with Crippen LogP contribution in [0.2, 0.25) is 0 Å². The van der Waals surface area contributed by atoms with Crippen LogP contribution in [-0.4, -0.2) is 36.3 Å². The molecule has 4 heteroatoms. The van der Waals surface area contributed by atoms with Crippen LogP contribution in [0.15, 0.2) is 54.9 Å². The van der Waals surface area contributed by atoms with Gasteiger partial charge in [0.25, 0.3) is 0 Å². The lowest BCUT2D eigenvalue weighted by Gasteiger charge is -2.30. The average Bonchev–Trinajstić information content (AvgIpc) is 2.62. The minimum atomic E-state index is 0.777. The molecule has 3 aromatic rings. The Morgan fingerprint density at radius 3 is 2.68 bits per heavy atom. The Morgan fingerprint density at radius 1 is 1.00 bits per heavy atom. The summed E-state index contributed by atoms with van der Waals surface area (Å²) in [5.41, 5.74) is 4.26. The molecule has 0 saturated carbocycles. The standard InChI is InChI=1S/C18H17N3O/c1-2-6-16-15(5-1)18(21-8-10-22-11-9-21)12-17(20-16)14-4-3-7-19-13-14/h1-7,12-13H,8-11H2. The third kappa shape index (κ3) is 2.42. The molecular weight excluding hydrogens is 274 g/mol. The highest BCUT2D eigenvalue weighted by molar-refractivity contribution is 5.94. The van der Waals surface area contributed by atoms with Crippen molar-refractivity contribution in [3.63, 3.8) is 0 Å². The van der Waals surface area contributed by atoms with Crippen LogP contribution in [0, 0.1) is 0 Å². The molecular formula is C18H17N3O. The topological polar surface area (TPSA) is 38.2 Å². The summed E-state index contributed by atoms with van der Waals surface area (Å²) in [4.78, 5) is 11.4. The number of rotatable bonds is 2. The molecule has 4 rings (SSSR count). The molecule has 0 radical (unpaired) electrons. The summed E-state index contributed by atoms with van der Waals surface area (Å²) >= 11 is 0. The van der Waals surface area contributed by atoms with Gasteiger partial charge in [-0.15, -0.1) is 0 Å². The van der Waals surface area contributed by atoms with Crippen LogP contribution in [0.25, 0.3) is 22.2 Å². The zero-order valence-electron chi connectivity index (χ0n) is 12.3. The van der Waals surface area contributed by atoms with E-state index in [1.807, 2.05) is 24.4 Å². The van der Waals surface area contributed by atoms with Crippen LogP contribution < -0.4 is 4.90 Å². The molecule has 4 nitrogen and oxygen atoms in total. The molecule has 2 aromatic heterocycles. The van der Waals surface area contributed by atoms with Crippen molar-refractivity contribution in [3.8, 4) is 11.3 Å². The van der Waals surface area contributed by atoms with E-state index in [1.165, 1.54) is 11.1 Å². The Bertz CT molecular complexity index is 783. The van der Waals surface area contributed by atoms with E-state index in [2.05, 4.69) is 34.1 Å². The van der Waals surface area contributed by atoms with E-state index in [9.17, 15) is 0 Å².